The van der Waals surface area contributed by atoms with Crippen molar-refractivity contribution in [3.8, 4) is 0 Å². The van der Waals surface area contributed by atoms with E-state index < -0.39 is 5.97 Å². The molecule has 3 heterocycles. The minimum atomic E-state index is -0.465. The van der Waals surface area contributed by atoms with Gasteiger partial charge in [0.05, 0.1) is 24.4 Å². The topological polar surface area (TPSA) is 72.8 Å². The van der Waals surface area contributed by atoms with Crippen molar-refractivity contribution in [2.24, 2.45) is 5.92 Å². The zero-order valence-corrected chi connectivity index (χ0v) is 17.9. The molecule has 1 atom stereocenters. The number of hydrogen-bond donors (Lipinski definition) is 1. The number of cyclic esters (lactones) is 1. The average Bonchev–Trinajstić information content (AvgIpc) is 3.43. The quantitative estimate of drug-likeness (QED) is 0.361. The van der Waals surface area contributed by atoms with Gasteiger partial charge in [0.25, 0.3) is 0 Å². The Bertz CT molecular complexity index is 940. The molecule has 0 radical (unpaired) electrons. The second-order valence-electron chi connectivity index (χ2n) is 8.08. The lowest BCUT2D eigenvalue weighted by Gasteiger charge is -2.07. The Morgan fingerprint density at radius 2 is 2.10 bits per heavy atom. The van der Waals surface area contributed by atoms with E-state index in [1.807, 2.05) is 18.4 Å². The van der Waals surface area contributed by atoms with Crippen molar-refractivity contribution in [3.05, 3.63) is 82.6 Å². The monoisotopic (exact) mass is 410 g/mol. The molecule has 3 rings (SSSR count). The van der Waals surface area contributed by atoms with Gasteiger partial charge < -0.3 is 18.7 Å². The summed E-state index contributed by atoms with van der Waals surface area (Å²) in [6.07, 6.45) is 15.2. The highest BCUT2D eigenvalue weighted by Crippen LogP contribution is 2.26. The van der Waals surface area contributed by atoms with Gasteiger partial charge in [-0.1, -0.05) is 18.6 Å². The van der Waals surface area contributed by atoms with Gasteiger partial charge in [-0.05, 0) is 81.2 Å². The molecule has 160 valence electrons. The molecule has 1 N–H and O–H groups in total. The van der Waals surface area contributed by atoms with Gasteiger partial charge in [-0.25, -0.2) is 4.79 Å². The molecule has 0 aliphatic carbocycles. The van der Waals surface area contributed by atoms with Crippen LogP contribution >= 0.6 is 0 Å². The summed E-state index contributed by atoms with van der Waals surface area (Å²) in [6, 6.07) is 4.08. The molecule has 2 aromatic heterocycles. The van der Waals surface area contributed by atoms with Gasteiger partial charge in [-0.2, -0.15) is 0 Å². The van der Waals surface area contributed by atoms with Crippen molar-refractivity contribution in [2.45, 2.75) is 59.3 Å². The second kappa shape index (κ2) is 10.2. The van der Waals surface area contributed by atoms with E-state index in [4.69, 9.17) is 13.6 Å². The maximum Gasteiger partial charge on any atom is 0.343 e. The number of rotatable bonds is 10. The molecule has 0 fully saturated rings. The van der Waals surface area contributed by atoms with Crippen LogP contribution in [-0.2, 0) is 22.4 Å². The summed E-state index contributed by atoms with van der Waals surface area (Å²) < 4.78 is 15.8. The van der Waals surface area contributed by atoms with Gasteiger partial charge in [0.1, 0.15) is 5.76 Å². The van der Waals surface area contributed by atoms with Crippen LogP contribution in [0.25, 0.3) is 0 Å². The molecule has 1 aliphatic heterocycles. The summed E-state index contributed by atoms with van der Waals surface area (Å²) in [5.74, 6) is 0.965. The minimum absolute atomic E-state index is 0.0363. The largest absolute Gasteiger partial charge is 0.504 e. The van der Waals surface area contributed by atoms with E-state index >= 15 is 0 Å². The molecule has 0 aromatic carbocycles. The summed E-state index contributed by atoms with van der Waals surface area (Å²) in [7, 11) is 0. The number of furan rings is 2. The number of ether oxygens (including phenoxy) is 1. The van der Waals surface area contributed by atoms with Gasteiger partial charge >= 0.3 is 5.97 Å². The molecule has 1 unspecified atom stereocenters. The van der Waals surface area contributed by atoms with Crippen LogP contribution in [0.3, 0.4) is 0 Å². The van der Waals surface area contributed by atoms with Crippen LogP contribution in [0.1, 0.15) is 63.3 Å². The summed E-state index contributed by atoms with van der Waals surface area (Å²) in [5.41, 5.74) is 4.00. The Balaban J connectivity index is 1.37. The Labute approximate surface area is 177 Å². The summed E-state index contributed by atoms with van der Waals surface area (Å²) in [6.45, 7) is 5.80. The molecule has 0 saturated carbocycles. The molecule has 0 bridgehead atoms. The summed E-state index contributed by atoms with van der Waals surface area (Å²) >= 11 is 0. The fraction of sp³-hybridized carbons (Fsp3) is 0.400. The molecule has 0 spiro atoms. The zero-order chi connectivity index (χ0) is 21.5. The van der Waals surface area contributed by atoms with E-state index in [2.05, 4.69) is 26.0 Å². The van der Waals surface area contributed by atoms with Crippen LogP contribution in [0.15, 0.2) is 74.6 Å². The SMILES string of the molecule is CC(=CCCC(C)C=C1OC(=O)C(C)=C1O)CCCc1coc(Cc2ccoc2)c1. The molecular formula is C25H30O5. The number of aliphatic hydroxyl groups is 1. The lowest BCUT2D eigenvalue weighted by Crippen LogP contribution is -1.97. The van der Waals surface area contributed by atoms with E-state index in [0.29, 0.717) is 0 Å². The Morgan fingerprint density at radius 3 is 2.80 bits per heavy atom. The Morgan fingerprint density at radius 1 is 1.27 bits per heavy atom. The van der Waals surface area contributed by atoms with E-state index in [1.54, 1.807) is 19.5 Å². The van der Waals surface area contributed by atoms with Gasteiger partial charge in [-0.15, -0.1) is 0 Å². The summed E-state index contributed by atoms with van der Waals surface area (Å²) in [4.78, 5) is 11.5. The molecule has 2 aromatic rings. The molecule has 0 amide bonds. The lowest BCUT2D eigenvalue weighted by atomic mass is 10.0. The van der Waals surface area contributed by atoms with Gasteiger partial charge in [0, 0.05) is 6.42 Å². The third-order valence-electron chi connectivity index (χ3n) is 5.35. The molecule has 30 heavy (non-hydrogen) atoms. The highest BCUT2D eigenvalue weighted by molar-refractivity contribution is 5.93. The number of carbonyl (C=O) groups excluding carboxylic acids is 1. The lowest BCUT2D eigenvalue weighted by molar-refractivity contribution is -0.133. The van der Waals surface area contributed by atoms with Crippen molar-refractivity contribution in [1.29, 1.82) is 0 Å². The van der Waals surface area contributed by atoms with E-state index in [0.717, 1.165) is 49.8 Å². The number of hydrogen-bond acceptors (Lipinski definition) is 5. The van der Waals surface area contributed by atoms with Crippen molar-refractivity contribution in [3.63, 3.8) is 0 Å². The minimum Gasteiger partial charge on any atom is -0.504 e. The summed E-state index contributed by atoms with van der Waals surface area (Å²) in [5, 5.41) is 9.89. The first-order valence-corrected chi connectivity index (χ1v) is 10.5. The van der Waals surface area contributed by atoms with Crippen LogP contribution in [0, 0.1) is 5.92 Å². The van der Waals surface area contributed by atoms with Crippen LogP contribution in [-0.4, -0.2) is 11.1 Å². The number of carbonyl (C=O) groups is 1. The van der Waals surface area contributed by atoms with Crippen LogP contribution in [0.4, 0.5) is 0 Å². The Kier molecular flexibility index (Phi) is 7.39. The number of esters is 1. The predicted molar refractivity (Wildman–Crippen MR) is 115 cm³/mol. The highest BCUT2D eigenvalue weighted by atomic mass is 16.6. The van der Waals surface area contributed by atoms with Crippen molar-refractivity contribution in [1.82, 2.24) is 0 Å². The fourth-order valence-corrected chi connectivity index (χ4v) is 3.47. The molecular weight excluding hydrogens is 380 g/mol. The molecule has 5 nitrogen and oxygen atoms in total. The normalized spacial score (nSPS) is 17.1. The van der Waals surface area contributed by atoms with Crippen molar-refractivity contribution in [2.75, 3.05) is 0 Å². The van der Waals surface area contributed by atoms with Gasteiger partial charge in [0.15, 0.2) is 11.5 Å². The van der Waals surface area contributed by atoms with Gasteiger partial charge in [0.2, 0.25) is 0 Å². The maximum absolute atomic E-state index is 11.5. The molecule has 5 heteroatoms. The fourth-order valence-electron chi connectivity index (χ4n) is 3.47. The average molecular weight is 411 g/mol. The van der Waals surface area contributed by atoms with Crippen LogP contribution in [0.5, 0.6) is 0 Å². The van der Waals surface area contributed by atoms with E-state index in [-0.39, 0.29) is 23.0 Å². The number of allylic oxidation sites excluding steroid dienone is 3. The van der Waals surface area contributed by atoms with E-state index in [1.165, 1.54) is 11.1 Å². The first-order chi connectivity index (χ1) is 14.4. The first-order valence-electron chi connectivity index (χ1n) is 10.5. The number of aryl methyl sites for hydroxylation is 1. The first kappa shape index (κ1) is 21.8. The second-order valence-corrected chi connectivity index (χ2v) is 8.08. The predicted octanol–water partition coefficient (Wildman–Crippen LogP) is 6.42. The van der Waals surface area contributed by atoms with Crippen LogP contribution < -0.4 is 0 Å². The third-order valence-corrected chi connectivity index (χ3v) is 5.35. The third kappa shape index (κ3) is 6.02. The van der Waals surface area contributed by atoms with Crippen LogP contribution in [0.2, 0.25) is 0 Å². The van der Waals surface area contributed by atoms with Gasteiger partial charge in [-0.3, -0.25) is 0 Å². The van der Waals surface area contributed by atoms with E-state index in [9.17, 15) is 9.90 Å². The molecule has 0 saturated heterocycles. The van der Waals surface area contributed by atoms with Crippen molar-refractivity contribution < 1.29 is 23.5 Å². The highest BCUT2D eigenvalue weighted by Gasteiger charge is 2.26. The zero-order valence-electron chi connectivity index (χ0n) is 17.9. The molecule has 1 aliphatic rings. The smallest absolute Gasteiger partial charge is 0.343 e. The Hall–Kier alpha value is -2.95. The standard InChI is InChI=1S/C25H30O5/c1-17(6-4-8-18(2)12-23-24(26)19(3)25(27)30-23)7-5-9-20-13-22(29-16-20)14-21-10-11-28-15-21/h6,10-13,15-16,18,26H,4-5,7-9,14H2,1-3H3. The van der Waals surface area contributed by atoms with Crippen molar-refractivity contribution >= 4 is 5.97 Å². The number of aliphatic hydroxyl groups excluding tert-OH is 1. The maximum atomic E-state index is 11.5.